The van der Waals surface area contributed by atoms with Crippen LogP contribution < -0.4 is 5.32 Å². The van der Waals surface area contributed by atoms with Crippen LogP contribution in [0, 0.1) is 0 Å². The molecule has 0 bridgehead atoms. The van der Waals surface area contributed by atoms with Crippen molar-refractivity contribution in [1.82, 2.24) is 9.55 Å². The van der Waals surface area contributed by atoms with Gasteiger partial charge < -0.3 is 5.32 Å². The van der Waals surface area contributed by atoms with Crippen molar-refractivity contribution < 1.29 is 9.59 Å². The fraction of sp³-hybridized carbons (Fsp3) is 0.150. The maximum atomic E-state index is 12.7. The van der Waals surface area contributed by atoms with Crippen LogP contribution in [0.15, 0.2) is 72.1 Å². The number of Topliss-reactive ketones (excluding diaryl/α,β-unsaturated/α-hetero) is 1. The Bertz CT molecular complexity index is 904. The lowest BCUT2D eigenvalue weighted by Crippen LogP contribution is -2.14. The highest BCUT2D eigenvalue weighted by atomic mass is 32.2. The molecule has 26 heavy (non-hydrogen) atoms. The highest BCUT2D eigenvalue weighted by molar-refractivity contribution is 8.00. The third-order valence-corrected chi connectivity index (χ3v) is 4.86. The van der Waals surface area contributed by atoms with Gasteiger partial charge in [0.1, 0.15) is 0 Å². The predicted octanol–water partition coefficient (Wildman–Crippen LogP) is 4.19. The third-order valence-electron chi connectivity index (χ3n) is 3.78. The highest BCUT2D eigenvalue weighted by Gasteiger charge is 2.19. The average Bonchev–Trinajstić information content (AvgIpc) is 3.10. The van der Waals surface area contributed by atoms with Gasteiger partial charge in [0, 0.05) is 36.3 Å². The number of carbonyl (C=O) groups excluding carboxylic acids is 2. The summed E-state index contributed by atoms with van der Waals surface area (Å²) in [5.74, 6) is -0.118. The van der Waals surface area contributed by atoms with Gasteiger partial charge in [-0.2, -0.15) is 0 Å². The number of hydrogen-bond acceptors (Lipinski definition) is 4. The molecule has 0 fully saturated rings. The molecule has 1 amide bonds. The van der Waals surface area contributed by atoms with Crippen molar-refractivity contribution in [1.29, 1.82) is 0 Å². The van der Waals surface area contributed by atoms with Gasteiger partial charge in [0.05, 0.1) is 5.25 Å². The zero-order valence-corrected chi connectivity index (χ0v) is 15.4. The molecule has 5 nitrogen and oxygen atoms in total. The van der Waals surface area contributed by atoms with Gasteiger partial charge in [-0.3, -0.25) is 14.2 Å². The Morgan fingerprint density at radius 2 is 1.77 bits per heavy atom. The summed E-state index contributed by atoms with van der Waals surface area (Å²) in [4.78, 5) is 28.2. The monoisotopic (exact) mass is 365 g/mol. The van der Waals surface area contributed by atoms with Crippen LogP contribution in [0.1, 0.15) is 24.2 Å². The number of imidazole rings is 1. The third kappa shape index (κ3) is 4.21. The van der Waals surface area contributed by atoms with Gasteiger partial charge >= 0.3 is 0 Å². The van der Waals surface area contributed by atoms with Gasteiger partial charge in [-0.1, -0.05) is 30.0 Å². The number of amides is 1. The van der Waals surface area contributed by atoms with Gasteiger partial charge in [0.25, 0.3) is 0 Å². The molecule has 0 saturated heterocycles. The molecule has 0 aliphatic carbocycles. The minimum Gasteiger partial charge on any atom is -0.326 e. The summed E-state index contributed by atoms with van der Waals surface area (Å²) in [6.07, 6.45) is 3.62. The number of ketones is 1. The van der Waals surface area contributed by atoms with E-state index in [4.69, 9.17) is 0 Å². The molecule has 3 rings (SSSR count). The molecule has 0 unspecified atom stereocenters. The molecule has 1 aromatic heterocycles. The first-order valence-corrected chi connectivity index (χ1v) is 9.10. The topological polar surface area (TPSA) is 64.0 Å². The first kappa shape index (κ1) is 17.9. The Morgan fingerprint density at radius 3 is 2.42 bits per heavy atom. The average molecular weight is 365 g/mol. The number of benzene rings is 2. The van der Waals surface area contributed by atoms with Crippen molar-refractivity contribution >= 4 is 29.1 Å². The molecule has 0 aliphatic rings. The Morgan fingerprint density at radius 1 is 1.08 bits per heavy atom. The minimum atomic E-state index is -0.286. The van der Waals surface area contributed by atoms with E-state index in [0.717, 1.165) is 10.8 Å². The van der Waals surface area contributed by atoms with E-state index in [1.807, 2.05) is 48.0 Å². The van der Waals surface area contributed by atoms with Crippen LogP contribution in [0.4, 0.5) is 5.69 Å². The maximum Gasteiger partial charge on any atom is 0.221 e. The lowest BCUT2D eigenvalue weighted by molar-refractivity contribution is -0.114. The van der Waals surface area contributed by atoms with Crippen molar-refractivity contribution in [3.05, 3.63) is 72.6 Å². The molecule has 1 heterocycles. The maximum absolute atomic E-state index is 12.7. The summed E-state index contributed by atoms with van der Waals surface area (Å²) in [5, 5.41) is 3.18. The molecule has 6 heteroatoms. The molecule has 1 atom stereocenters. The van der Waals surface area contributed by atoms with E-state index in [0.29, 0.717) is 11.3 Å². The van der Waals surface area contributed by atoms with Crippen LogP contribution in [0.25, 0.3) is 5.69 Å². The smallest absolute Gasteiger partial charge is 0.221 e. The SMILES string of the molecule is CC(=O)Nc1ccc(C(=O)[C@@H](C)Sc2nccn2-c2ccccc2)cc1. The molecular formula is C20H19N3O2S. The van der Waals surface area contributed by atoms with E-state index >= 15 is 0 Å². The lowest BCUT2D eigenvalue weighted by Gasteiger charge is -2.12. The van der Waals surface area contributed by atoms with Crippen LogP contribution >= 0.6 is 11.8 Å². The van der Waals surface area contributed by atoms with Crippen molar-refractivity contribution in [2.75, 3.05) is 5.32 Å². The number of nitrogens with one attached hydrogen (secondary N) is 1. The Kier molecular flexibility index (Phi) is 5.53. The van der Waals surface area contributed by atoms with Gasteiger partial charge in [0.15, 0.2) is 10.9 Å². The van der Waals surface area contributed by atoms with Crippen LogP contribution in [0.2, 0.25) is 0 Å². The van der Waals surface area contributed by atoms with E-state index < -0.39 is 0 Å². The number of carbonyl (C=O) groups is 2. The van der Waals surface area contributed by atoms with Crippen LogP contribution in [0.5, 0.6) is 0 Å². The summed E-state index contributed by atoms with van der Waals surface area (Å²) < 4.78 is 1.97. The van der Waals surface area contributed by atoms with Gasteiger partial charge in [-0.25, -0.2) is 4.98 Å². The van der Waals surface area contributed by atoms with Crippen LogP contribution in [-0.2, 0) is 4.79 Å². The molecular weight excluding hydrogens is 346 g/mol. The number of para-hydroxylation sites is 1. The normalized spacial score (nSPS) is 11.8. The van der Waals surface area contributed by atoms with Crippen LogP contribution in [-0.4, -0.2) is 26.5 Å². The van der Waals surface area contributed by atoms with Crippen molar-refractivity contribution in [3.63, 3.8) is 0 Å². The fourth-order valence-electron chi connectivity index (χ4n) is 2.53. The summed E-state index contributed by atoms with van der Waals surface area (Å²) in [6.45, 7) is 3.32. The summed E-state index contributed by atoms with van der Waals surface area (Å²) >= 11 is 1.42. The first-order chi connectivity index (χ1) is 12.5. The second kappa shape index (κ2) is 8.01. The summed E-state index contributed by atoms with van der Waals surface area (Å²) in [6, 6.07) is 16.8. The predicted molar refractivity (Wildman–Crippen MR) is 104 cm³/mol. The second-order valence-corrected chi connectivity index (χ2v) is 7.11. The Balaban J connectivity index is 1.72. The van der Waals surface area contributed by atoms with Crippen molar-refractivity contribution in [3.8, 4) is 5.69 Å². The number of nitrogens with zero attached hydrogens (tertiary/aromatic N) is 2. The lowest BCUT2D eigenvalue weighted by atomic mass is 10.1. The largest absolute Gasteiger partial charge is 0.326 e. The molecule has 0 radical (unpaired) electrons. The van der Waals surface area contributed by atoms with Gasteiger partial charge in [-0.15, -0.1) is 0 Å². The standard InChI is InChI=1S/C20H19N3O2S/c1-14(19(25)16-8-10-17(11-9-16)22-15(2)24)26-20-21-12-13-23(20)18-6-4-3-5-7-18/h3-14H,1-2H3,(H,22,24)/t14-/m1/s1. The van der Waals surface area contributed by atoms with E-state index in [1.165, 1.54) is 18.7 Å². The summed E-state index contributed by atoms with van der Waals surface area (Å²) in [7, 11) is 0. The molecule has 0 aliphatic heterocycles. The minimum absolute atomic E-state index is 0.0204. The molecule has 0 spiro atoms. The number of aromatic nitrogens is 2. The van der Waals surface area contributed by atoms with Crippen LogP contribution in [0.3, 0.4) is 0 Å². The number of hydrogen-bond donors (Lipinski definition) is 1. The second-order valence-electron chi connectivity index (χ2n) is 5.80. The van der Waals surface area contributed by atoms with E-state index in [9.17, 15) is 9.59 Å². The summed E-state index contributed by atoms with van der Waals surface area (Å²) in [5.41, 5.74) is 2.29. The number of anilines is 1. The Hall–Kier alpha value is -2.86. The van der Waals surface area contributed by atoms with E-state index in [1.54, 1.807) is 30.5 Å². The van der Waals surface area contributed by atoms with E-state index in [2.05, 4.69) is 10.3 Å². The van der Waals surface area contributed by atoms with Crippen molar-refractivity contribution in [2.24, 2.45) is 0 Å². The van der Waals surface area contributed by atoms with Gasteiger partial charge in [0.2, 0.25) is 5.91 Å². The van der Waals surface area contributed by atoms with E-state index in [-0.39, 0.29) is 16.9 Å². The zero-order chi connectivity index (χ0) is 18.5. The highest BCUT2D eigenvalue weighted by Crippen LogP contribution is 2.27. The Labute approximate surface area is 156 Å². The molecule has 1 N–H and O–H groups in total. The molecule has 132 valence electrons. The van der Waals surface area contributed by atoms with Gasteiger partial charge in [-0.05, 0) is 43.3 Å². The first-order valence-electron chi connectivity index (χ1n) is 8.22. The molecule has 2 aromatic carbocycles. The van der Waals surface area contributed by atoms with Crippen molar-refractivity contribution in [2.45, 2.75) is 24.3 Å². The quantitative estimate of drug-likeness (QED) is 0.525. The molecule has 0 saturated carbocycles. The number of rotatable bonds is 6. The number of thioether (sulfide) groups is 1. The molecule has 3 aromatic rings. The fourth-order valence-corrected chi connectivity index (χ4v) is 3.49. The zero-order valence-electron chi connectivity index (χ0n) is 14.5.